The second-order valence-electron chi connectivity index (χ2n) is 2.48. The Labute approximate surface area is 82.1 Å². The fourth-order valence-corrected chi connectivity index (χ4v) is 0.896. The fourth-order valence-electron chi connectivity index (χ4n) is 0.896. The zero-order valence-electron chi connectivity index (χ0n) is 7.02. The van der Waals surface area contributed by atoms with Crippen LogP contribution < -0.4 is 0 Å². The van der Waals surface area contributed by atoms with Crippen molar-refractivity contribution < 1.29 is 14.8 Å². The van der Waals surface area contributed by atoms with Crippen LogP contribution in [-0.2, 0) is 0 Å². The molecule has 0 aromatic carbocycles. The minimum Gasteiger partial charge on any atom is -0.277 e. The molecule has 0 fully saturated rings. The van der Waals surface area contributed by atoms with E-state index in [0.717, 1.165) is 0 Å². The monoisotopic (exact) mass is 213 g/mol. The molecule has 1 radical (unpaired) electrons. The summed E-state index contributed by atoms with van der Waals surface area (Å²) in [6.07, 6.45) is 1.98. The minimum absolute atomic E-state index is 0.660. The normalized spacial score (nSPS) is 15.3. The molecule has 0 atom stereocenters. The van der Waals surface area contributed by atoms with Crippen molar-refractivity contribution >= 4 is 0 Å². The first-order valence-corrected chi connectivity index (χ1v) is 3.50. The van der Waals surface area contributed by atoms with Crippen LogP contribution >= 0.6 is 0 Å². The van der Waals surface area contributed by atoms with E-state index in [4.69, 9.17) is 0 Å². The molecule has 0 aromatic heterocycles. The van der Waals surface area contributed by atoms with E-state index in [1.54, 1.807) is 0 Å². The Morgan fingerprint density at radius 2 is 1.53 bits per heavy atom. The highest BCUT2D eigenvalue weighted by atomic mass is 16.6. The van der Waals surface area contributed by atoms with Gasteiger partial charge in [-0.15, -0.1) is 0 Å². The van der Waals surface area contributed by atoms with Crippen LogP contribution in [-0.4, -0.2) is 14.8 Å². The van der Waals surface area contributed by atoms with Gasteiger partial charge in [0.15, 0.2) is 0 Å². The smallest absolute Gasteiger partial charge is 0.231 e. The lowest BCUT2D eigenvalue weighted by Crippen LogP contribution is -2.18. The van der Waals surface area contributed by atoms with Gasteiger partial charge in [-0.1, -0.05) is 6.08 Å². The lowest BCUT2D eigenvalue weighted by Gasteiger charge is -2.14. The van der Waals surface area contributed by atoms with Gasteiger partial charge >= 0.3 is 0 Å². The van der Waals surface area contributed by atoms with Crippen molar-refractivity contribution in [2.24, 2.45) is 0 Å². The molecule has 15 heavy (non-hydrogen) atoms. The Morgan fingerprint density at radius 1 is 1.00 bits per heavy atom. The van der Waals surface area contributed by atoms with Crippen LogP contribution in [0.5, 0.6) is 0 Å². The van der Waals surface area contributed by atoms with Gasteiger partial charge in [0.25, 0.3) is 0 Å². The highest BCUT2D eigenvalue weighted by Gasteiger charge is 2.26. The van der Waals surface area contributed by atoms with Gasteiger partial charge in [-0.3, -0.25) is 30.3 Å². The summed E-state index contributed by atoms with van der Waals surface area (Å²) in [6.45, 7) is 0. The van der Waals surface area contributed by atoms with Crippen LogP contribution in [0.15, 0.2) is 23.5 Å². The highest BCUT2D eigenvalue weighted by Crippen LogP contribution is 2.24. The quantitative estimate of drug-likeness (QED) is 0.377. The van der Waals surface area contributed by atoms with E-state index in [9.17, 15) is 30.3 Å². The van der Waals surface area contributed by atoms with Crippen LogP contribution in [0.1, 0.15) is 0 Å². The molecule has 1 aliphatic rings. The van der Waals surface area contributed by atoms with E-state index in [-0.39, 0.29) is 0 Å². The largest absolute Gasteiger partial charge is 0.277 e. The van der Waals surface area contributed by atoms with Crippen molar-refractivity contribution in [3.8, 4) is 0 Å². The summed E-state index contributed by atoms with van der Waals surface area (Å²) in [6, 6.07) is -0.684. The van der Waals surface area contributed by atoms with E-state index in [2.05, 4.69) is 0 Å². The lowest BCUT2D eigenvalue weighted by atomic mass is 10.0. The molecule has 0 bridgehead atoms. The van der Waals surface area contributed by atoms with E-state index in [0.29, 0.717) is 18.6 Å². The summed E-state index contributed by atoms with van der Waals surface area (Å²) in [5.41, 5.74) is -1.37. The van der Waals surface area contributed by atoms with E-state index < -0.39 is 32.2 Å². The maximum absolute atomic E-state index is 10.3. The Bertz CT molecular complexity index is 398. The number of rotatable bonds is 3. The summed E-state index contributed by atoms with van der Waals surface area (Å²) < 4.78 is 0. The van der Waals surface area contributed by atoms with Crippen molar-refractivity contribution in [2.45, 2.75) is 0 Å². The maximum atomic E-state index is 10.3. The molecule has 0 unspecified atom stereocenters. The summed E-state index contributed by atoms with van der Waals surface area (Å²) >= 11 is 0. The third-order valence-corrected chi connectivity index (χ3v) is 1.52. The number of nitrogens with zero attached hydrogens (tertiary/aromatic N) is 3. The lowest BCUT2D eigenvalue weighted by molar-refractivity contribution is -0.467. The first kappa shape index (κ1) is 10.6. The molecule has 1 rings (SSSR count). The SMILES string of the molecule is O=[N+]([O-])C1=CC([N+](=O)[O-])=C[C-]([N+](=O)[O-])[CH]1. The molecule has 0 saturated heterocycles. The minimum atomic E-state index is -0.931. The molecular weight excluding hydrogens is 210 g/mol. The van der Waals surface area contributed by atoms with Crippen LogP contribution in [0.25, 0.3) is 0 Å². The van der Waals surface area contributed by atoms with Gasteiger partial charge in [-0.05, 0) is 9.85 Å². The zero-order chi connectivity index (χ0) is 11.6. The molecule has 9 heteroatoms. The van der Waals surface area contributed by atoms with Gasteiger partial charge in [0.1, 0.15) is 11.7 Å². The number of nitro groups is 3. The Kier molecular flexibility index (Phi) is 2.65. The second-order valence-corrected chi connectivity index (χ2v) is 2.48. The van der Waals surface area contributed by atoms with Gasteiger partial charge in [0.2, 0.25) is 5.70 Å². The summed E-state index contributed by atoms with van der Waals surface area (Å²) in [5.74, 6) is 0. The molecule has 0 saturated carbocycles. The standard InChI is InChI=1S/C6H3N3O6/c10-7(11)4-1-5(8(12)13)3-6(2-4)9(14)15/h1-3H/q-1. The van der Waals surface area contributed by atoms with E-state index in [1.165, 1.54) is 0 Å². The molecule has 0 aromatic rings. The Balaban J connectivity index is 3.07. The third kappa shape index (κ3) is 2.27. The van der Waals surface area contributed by atoms with Crippen LogP contribution in [0, 0.1) is 42.8 Å². The average molecular weight is 213 g/mol. The van der Waals surface area contributed by atoms with Crippen molar-refractivity contribution in [2.75, 3.05) is 0 Å². The Morgan fingerprint density at radius 3 is 1.93 bits per heavy atom. The van der Waals surface area contributed by atoms with Crippen molar-refractivity contribution in [3.63, 3.8) is 0 Å². The molecule has 1 aliphatic carbocycles. The number of hydrogen-bond acceptors (Lipinski definition) is 6. The Hall–Kier alpha value is -2.45. The fraction of sp³-hybridized carbons (Fsp3) is 0. The second kappa shape index (κ2) is 3.74. The molecule has 0 spiro atoms. The van der Waals surface area contributed by atoms with E-state index >= 15 is 0 Å². The van der Waals surface area contributed by atoms with Crippen LogP contribution in [0.2, 0.25) is 0 Å². The van der Waals surface area contributed by atoms with Gasteiger partial charge in [0.05, 0.1) is 11.3 Å². The van der Waals surface area contributed by atoms with Crippen molar-refractivity contribution in [1.82, 2.24) is 0 Å². The summed E-state index contributed by atoms with van der Waals surface area (Å²) in [7, 11) is 0. The first-order chi connectivity index (χ1) is 6.91. The van der Waals surface area contributed by atoms with Gasteiger partial charge in [-0.25, -0.2) is 0 Å². The van der Waals surface area contributed by atoms with E-state index in [1.807, 2.05) is 0 Å². The third-order valence-electron chi connectivity index (χ3n) is 1.52. The maximum Gasteiger partial charge on any atom is 0.231 e. The van der Waals surface area contributed by atoms with Gasteiger partial charge < -0.3 is 0 Å². The van der Waals surface area contributed by atoms with Crippen LogP contribution in [0.3, 0.4) is 0 Å². The molecule has 0 heterocycles. The number of allylic oxidation sites excluding steroid dienone is 1. The first-order valence-electron chi connectivity index (χ1n) is 3.50. The molecule has 0 amide bonds. The molecule has 9 nitrogen and oxygen atoms in total. The zero-order valence-corrected chi connectivity index (χ0v) is 7.02. The topological polar surface area (TPSA) is 129 Å². The average Bonchev–Trinajstić information content (AvgIpc) is 2.16. The summed E-state index contributed by atoms with van der Waals surface area (Å²) in [5, 5.41) is 30.9. The summed E-state index contributed by atoms with van der Waals surface area (Å²) in [4.78, 5) is 28.1. The number of hydrogen-bond donors (Lipinski definition) is 0. The van der Waals surface area contributed by atoms with Crippen molar-refractivity contribution in [1.29, 1.82) is 0 Å². The van der Waals surface area contributed by atoms with Crippen LogP contribution in [0.4, 0.5) is 0 Å². The molecule has 79 valence electrons. The molecule has 0 aliphatic heterocycles. The molecule has 0 N–H and O–H groups in total. The van der Waals surface area contributed by atoms with Gasteiger partial charge in [-0.2, -0.15) is 0 Å². The highest BCUT2D eigenvalue weighted by molar-refractivity contribution is 5.35. The van der Waals surface area contributed by atoms with Crippen molar-refractivity contribution in [3.05, 3.63) is 66.4 Å². The van der Waals surface area contributed by atoms with Gasteiger partial charge in [0, 0.05) is 6.08 Å². The molecular formula is C6H3N3O6-. The predicted molar refractivity (Wildman–Crippen MR) is 44.7 cm³/mol. The predicted octanol–water partition coefficient (Wildman–Crippen LogP) is 0.334.